The monoisotopic (exact) mass is 374 g/mol. The molecule has 0 spiro atoms. The predicted octanol–water partition coefficient (Wildman–Crippen LogP) is 3.41. The lowest BCUT2D eigenvalue weighted by molar-refractivity contribution is -0.137. The molecule has 2 aromatic rings. The first-order valence-electron chi connectivity index (χ1n) is 6.79. The van der Waals surface area contributed by atoms with Gasteiger partial charge in [-0.3, -0.25) is 0 Å². The Balaban J connectivity index is 2.08. The van der Waals surface area contributed by atoms with Gasteiger partial charge in [0.25, 0.3) is 10.0 Å². The Morgan fingerprint density at radius 1 is 1.16 bits per heavy atom. The first kappa shape index (κ1) is 17.2. The second-order valence-corrected chi connectivity index (χ2v) is 6.67. The number of nitrogens with one attached hydrogen (secondary N) is 1. The number of alkyl halides is 3. The van der Waals surface area contributed by atoms with Crippen molar-refractivity contribution in [2.45, 2.75) is 11.1 Å². The van der Waals surface area contributed by atoms with Crippen LogP contribution >= 0.6 is 0 Å². The number of rotatable bonds is 2. The highest BCUT2D eigenvalue weighted by atomic mass is 32.2. The number of halogens is 4. The van der Waals surface area contributed by atoms with Crippen molar-refractivity contribution in [2.75, 3.05) is 12.4 Å². The molecule has 1 N–H and O–H groups in total. The molecule has 25 heavy (non-hydrogen) atoms. The normalized spacial score (nSPS) is 15.5. The van der Waals surface area contributed by atoms with Crippen LogP contribution in [0.3, 0.4) is 0 Å². The molecule has 2 aromatic carbocycles. The van der Waals surface area contributed by atoms with E-state index >= 15 is 0 Å². The predicted molar refractivity (Wildman–Crippen MR) is 81.7 cm³/mol. The minimum absolute atomic E-state index is 0.104. The molecule has 0 saturated heterocycles. The van der Waals surface area contributed by atoms with Crippen LogP contribution in [0.5, 0.6) is 5.75 Å². The average Bonchev–Trinajstić information content (AvgIpc) is 2.78. The third kappa shape index (κ3) is 3.16. The second kappa shape index (κ2) is 5.73. The van der Waals surface area contributed by atoms with Gasteiger partial charge in [-0.2, -0.15) is 21.6 Å². The first-order chi connectivity index (χ1) is 11.6. The van der Waals surface area contributed by atoms with Gasteiger partial charge in [-0.05, 0) is 24.3 Å². The van der Waals surface area contributed by atoms with E-state index in [4.69, 9.17) is 4.74 Å². The molecule has 0 unspecified atom stereocenters. The average molecular weight is 374 g/mol. The summed E-state index contributed by atoms with van der Waals surface area (Å²) in [5.74, 6) is -1.36. The smallest absolute Gasteiger partial charge is 0.416 e. The van der Waals surface area contributed by atoms with E-state index in [1.165, 1.54) is 25.3 Å². The van der Waals surface area contributed by atoms with Gasteiger partial charge in [0.1, 0.15) is 16.5 Å². The van der Waals surface area contributed by atoms with Crippen LogP contribution in [-0.4, -0.2) is 21.4 Å². The SMILES string of the molecule is COc1cc(NC2=NS(=O)(=O)c3cccc(F)c32)cc(C(F)(F)F)c1. The van der Waals surface area contributed by atoms with Gasteiger partial charge in [0.05, 0.1) is 18.2 Å². The summed E-state index contributed by atoms with van der Waals surface area (Å²) in [7, 11) is -2.93. The maximum absolute atomic E-state index is 14.0. The molecule has 0 amide bonds. The summed E-state index contributed by atoms with van der Waals surface area (Å²) < 4.78 is 85.0. The zero-order valence-electron chi connectivity index (χ0n) is 12.6. The molecule has 0 aliphatic carbocycles. The fourth-order valence-electron chi connectivity index (χ4n) is 2.34. The largest absolute Gasteiger partial charge is 0.497 e. The van der Waals surface area contributed by atoms with Crippen LogP contribution in [0.1, 0.15) is 11.1 Å². The van der Waals surface area contributed by atoms with Gasteiger partial charge < -0.3 is 10.1 Å². The highest BCUT2D eigenvalue weighted by molar-refractivity contribution is 7.90. The fourth-order valence-corrected chi connectivity index (χ4v) is 3.52. The van der Waals surface area contributed by atoms with Crippen LogP contribution in [-0.2, 0) is 16.2 Å². The van der Waals surface area contributed by atoms with Gasteiger partial charge in [0.2, 0.25) is 0 Å². The van der Waals surface area contributed by atoms with Crippen molar-refractivity contribution in [1.29, 1.82) is 0 Å². The molecule has 5 nitrogen and oxygen atoms in total. The van der Waals surface area contributed by atoms with Crippen LogP contribution in [0.25, 0.3) is 0 Å². The van der Waals surface area contributed by atoms with E-state index < -0.39 is 33.4 Å². The van der Waals surface area contributed by atoms with E-state index in [2.05, 4.69) is 9.71 Å². The summed E-state index contributed by atoms with van der Waals surface area (Å²) in [5, 5.41) is 2.43. The summed E-state index contributed by atoms with van der Waals surface area (Å²) in [5.41, 5.74) is -1.47. The zero-order chi connectivity index (χ0) is 18.4. The molecule has 0 bridgehead atoms. The number of hydrogen-bond donors (Lipinski definition) is 1. The molecule has 3 rings (SSSR count). The first-order valence-corrected chi connectivity index (χ1v) is 8.23. The maximum Gasteiger partial charge on any atom is 0.416 e. The van der Waals surface area contributed by atoms with Gasteiger partial charge in [-0.15, -0.1) is 4.40 Å². The van der Waals surface area contributed by atoms with Gasteiger partial charge in [0, 0.05) is 11.8 Å². The topological polar surface area (TPSA) is 67.8 Å². The van der Waals surface area contributed by atoms with Crippen LogP contribution in [0, 0.1) is 5.82 Å². The Morgan fingerprint density at radius 2 is 1.88 bits per heavy atom. The fraction of sp³-hybridized carbons (Fsp3) is 0.133. The summed E-state index contributed by atoms with van der Waals surface area (Å²) in [6.45, 7) is 0. The molecular weight excluding hydrogens is 364 g/mol. The van der Waals surface area contributed by atoms with Crippen LogP contribution in [0.2, 0.25) is 0 Å². The Kier molecular flexibility index (Phi) is 3.94. The van der Waals surface area contributed by atoms with E-state index in [0.29, 0.717) is 0 Å². The third-order valence-electron chi connectivity index (χ3n) is 3.43. The zero-order valence-corrected chi connectivity index (χ0v) is 13.4. The second-order valence-electron chi connectivity index (χ2n) is 5.10. The highest BCUT2D eigenvalue weighted by Crippen LogP contribution is 2.35. The standard InChI is InChI=1S/C15H10F4N2O3S/c1-24-10-6-8(15(17,18)19)5-9(7-10)20-14-13-11(16)3-2-4-12(13)25(22,23)21-14/h2-7H,1H3,(H,20,21). The quantitative estimate of drug-likeness (QED) is 0.818. The number of nitrogens with zero attached hydrogens (tertiary/aromatic N) is 1. The molecule has 1 aliphatic heterocycles. The van der Waals surface area contributed by atoms with Crippen molar-refractivity contribution in [2.24, 2.45) is 4.40 Å². The molecule has 1 aliphatic rings. The molecule has 0 atom stereocenters. The van der Waals surface area contributed by atoms with E-state index in [-0.39, 0.29) is 21.9 Å². The van der Waals surface area contributed by atoms with Crippen LogP contribution in [0.15, 0.2) is 45.7 Å². The van der Waals surface area contributed by atoms with Gasteiger partial charge in [-0.25, -0.2) is 4.39 Å². The summed E-state index contributed by atoms with van der Waals surface area (Å²) in [6.07, 6.45) is -4.64. The molecule has 132 valence electrons. The van der Waals surface area contributed by atoms with Crippen molar-refractivity contribution < 1.29 is 30.7 Å². The van der Waals surface area contributed by atoms with E-state index in [1.807, 2.05) is 0 Å². The lowest BCUT2D eigenvalue weighted by atomic mass is 10.1. The number of sulfonamides is 1. The third-order valence-corrected chi connectivity index (χ3v) is 4.75. The molecule has 1 heterocycles. The molecular formula is C15H10F4N2O3S. The van der Waals surface area contributed by atoms with Crippen LogP contribution in [0.4, 0.5) is 23.2 Å². The highest BCUT2D eigenvalue weighted by Gasteiger charge is 2.34. The number of ether oxygens (including phenoxy) is 1. The number of benzene rings is 2. The Bertz CT molecular complexity index is 985. The van der Waals surface area contributed by atoms with Crippen molar-refractivity contribution in [3.05, 3.63) is 53.3 Å². The number of fused-ring (bicyclic) bond motifs is 1. The molecule has 0 fully saturated rings. The molecule has 0 aromatic heterocycles. The van der Waals surface area contributed by atoms with Gasteiger partial charge in [-0.1, -0.05) is 6.07 Å². The Hall–Kier alpha value is -2.62. The van der Waals surface area contributed by atoms with Gasteiger partial charge in [0.15, 0.2) is 5.84 Å². The van der Waals surface area contributed by atoms with Crippen molar-refractivity contribution in [1.82, 2.24) is 0 Å². The number of amidine groups is 1. The summed E-state index contributed by atoms with van der Waals surface area (Å²) in [6, 6.07) is 6.15. The summed E-state index contributed by atoms with van der Waals surface area (Å²) in [4.78, 5) is -0.353. The molecule has 0 saturated carbocycles. The van der Waals surface area contributed by atoms with Crippen LogP contribution < -0.4 is 10.1 Å². The lowest BCUT2D eigenvalue weighted by Crippen LogP contribution is -2.14. The lowest BCUT2D eigenvalue weighted by Gasteiger charge is -2.13. The van der Waals surface area contributed by atoms with Crippen molar-refractivity contribution in [3.63, 3.8) is 0 Å². The molecule has 0 radical (unpaired) electrons. The van der Waals surface area contributed by atoms with Crippen molar-refractivity contribution in [3.8, 4) is 5.75 Å². The maximum atomic E-state index is 14.0. The van der Waals surface area contributed by atoms with E-state index in [1.54, 1.807) is 0 Å². The number of methoxy groups -OCH3 is 1. The molecule has 10 heteroatoms. The van der Waals surface area contributed by atoms with E-state index in [0.717, 1.165) is 18.2 Å². The minimum Gasteiger partial charge on any atom is -0.497 e. The Morgan fingerprint density at radius 3 is 2.52 bits per heavy atom. The van der Waals surface area contributed by atoms with E-state index in [9.17, 15) is 26.0 Å². The van der Waals surface area contributed by atoms with Gasteiger partial charge >= 0.3 is 6.18 Å². The Labute approximate surface area is 140 Å². The van der Waals surface area contributed by atoms with Crippen molar-refractivity contribution >= 4 is 21.5 Å². The number of anilines is 1. The summed E-state index contributed by atoms with van der Waals surface area (Å²) >= 11 is 0. The minimum atomic E-state index is -4.64. The number of hydrogen-bond acceptors (Lipinski definition) is 4.